The summed E-state index contributed by atoms with van der Waals surface area (Å²) in [5.74, 6) is -3.28. The van der Waals surface area contributed by atoms with Crippen LogP contribution in [-0.2, 0) is 24.0 Å². The van der Waals surface area contributed by atoms with Crippen molar-refractivity contribution in [3.05, 3.63) is 0 Å². The fourth-order valence-corrected chi connectivity index (χ4v) is 11.2. The largest absolute Gasteiger partial charge is 0.481 e. The van der Waals surface area contributed by atoms with Gasteiger partial charge in [-0.1, -0.05) is 407 Å². The Hall–Kier alpha value is -2.77. The monoisotopic (exact) mass is 1350 g/mol. The minimum atomic E-state index is -0.954. The second kappa shape index (κ2) is 98.9. The Kier molecular flexibility index (Phi) is 108. The van der Waals surface area contributed by atoms with E-state index in [2.05, 4.69) is 34.6 Å². The molecule has 566 valence electrons. The van der Waals surface area contributed by atoms with Crippen LogP contribution in [0.2, 0.25) is 0 Å². The van der Waals surface area contributed by atoms with Crippen LogP contribution in [0.5, 0.6) is 0 Å². The summed E-state index contributed by atoms with van der Waals surface area (Å²) in [7, 11) is 0. The van der Waals surface area contributed by atoms with Gasteiger partial charge in [-0.3, -0.25) is 24.0 Å². The topological polar surface area (TPSA) is 247 Å². The fourth-order valence-electron chi connectivity index (χ4n) is 11.2. The second-order valence-corrected chi connectivity index (χ2v) is 27.2. The van der Waals surface area contributed by atoms with Gasteiger partial charge in [0.15, 0.2) is 0 Å². The zero-order valence-electron chi connectivity index (χ0n) is 63.2. The lowest BCUT2D eigenvalue weighted by Gasteiger charge is -2.03. The quantitative estimate of drug-likeness (QED) is 0.0264. The first-order valence-electron chi connectivity index (χ1n) is 40.6. The summed E-state index contributed by atoms with van der Waals surface area (Å²) in [6.07, 6.45) is 82.6. The number of unbranched alkanes of at least 4 members (excludes halogenated alkanes) is 58. The highest BCUT2D eigenvalue weighted by Gasteiger charge is 2.03. The van der Waals surface area contributed by atoms with Crippen LogP contribution in [0.1, 0.15) is 471 Å². The van der Waals surface area contributed by atoms with Crippen molar-refractivity contribution in [2.75, 3.05) is 13.2 Å². The third-order valence-corrected chi connectivity index (χ3v) is 17.4. The number of aliphatic hydroxyl groups excluding tert-OH is 3. The van der Waals surface area contributed by atoms with Crippen molar-refractivity contribution in [3.63, 3.8) is 0 Å². The van der Waals surface area contributed by atoms with Crippen LogP contribution in [0.4, 0.5) is 0 Å². The summed E-state index contributed by atoms with van der Waals surface area (Å²) in [6.45, 7) is 10.5. The summed E-state index contributed by atoms with van der Waals surface area (Å²) >= 11 is 0. The Morgan fingerprint density at radius 3 is 0.330 bits per heavy atom. The predicted molar refractivity (Wildman–Crippen MR) is 401 cm³/mol. The highest BCUT2D eigenvalue weighted by molar-refractivity contribution is 5.67. The molecule has 0 aromatic carbocycles. The average Bonchev–Trinajstić information content (AvgIpc) is 3.56. The third kappa shape index (κ3) is 126. The maximum Gasteiger partial charge on any atom is 0.303 e. The summed E-state index contributed by atoms with van der Waals surface area (Å²) < 4.78 is 0. The number of carboxylic acid groups (broad SMARTS) is 5. The molecule has 0 bridgehead atoms. The molecule has 0 aromatic heterocycles. The Morgan fingerprint density at radius 2 is 0.266 bits per heavy atom. The molecule has 8 N–H and O–H groups in total. The number of aliphatic hydroxyl groups is 3. The number of rotatable bonds is 70. The van der Waals surface area contributed by atoms with Gasteiger partial charge in [-0.15, -0.1) is 0 Å². The molecule has 13 heteroatoms. The van der Waals surface area contributed by atoms with Crippen molar-refractivity contribution in [3.8, 4) is 0 Å². The lowest BCUT2D eigenvalue weighted by Crippen LogP contribution is -2.15. The first-order chi connectivity index (χ1) is 45.7. The Balaban J connectivity index is -0.000000253. The maximum absolute atomic E-state index is 10.3. The van der Waals surface area contributed by atoms with Crippen LogP contribution in [0, 0.1) is 0 Å². The van der Waals surface area contributed by atoms with Gasteiger partial charge in [-0.05, 0) is 32.1 Å². The molecule has 0 atom stereocenters. The number of hydrogen-bond donors (Lipinski definition) is 8. The van der Waals surface area contributed by atoms with Crippen LogP contribution in [0.25, 0.3) is 0 Å². The molecule has 0 radical (unpaired) electrons. The van der Waals surface area contributed by atoms with Crippen LogP contribution < -0.4 is 0 Å². The van der Waals surface area contributed by atoms with E-state index in [9.17, 15) is 24.0 Å². The van der Waals surface area contributed by atoms with E-state index in [-0.39, 0.29) is 13.2 Å². The van der Waals surface area contributed by atoms with Crippen LogP contribution in [0.3, 0.4) is 0 Å². The number of carboxylic acids is 5. The van der Waals surface area contributed by atoms with Gasteiger partial charge in [-0.2, -0.15) is 0 Å². The summed E-state index contributed by atoms with van der Waals surface area (Å²) in [6, 6.07) is 0. The second-order valence-electron chi connectivity index (χ2n) is 27.2. The van der Waals surface area contributed by atoms with Gasteiger partial charge in [0.05, 0.1) is 13.2 Å². The fraction of sp³-hybridized carbons (Fsp3) is 0.938. The minimum absolute atomic E-state index is 0.343. The van der Waals surface area contributed by atoms with Crippen LogP contribution in [-0.4, -0.2) is 90.0 Å². The zero-order chi connectivity index (χ0) is 71.0. The molecule has 0 spiro atoms. The molecule has 0 aliphatic heterocycles. The standard InChI is InChI=1S/3C18H36O2.2C12H24O2.C3H8O3/c3*1-2-3-4-5-6-7-8-9-10-11-12-13-14-15-16-17-18(19)20;2*1-2-3-4-5-6-7-8-9-10-11-12(13)14;4-1-3(6)2-5/h3*2-17H2,1H3,(H,19,20);2*2-11H2,1H3,(H,13,14);3-6H,1-2H2. The van der Waals surface area contributed by atoms with Gasteiger partial charge in [0.2, 0.25) is 0 Å². The van der Waals surface area contributed by atoms with Crippen molar-refractivity contribution in [1.29, 1.82) is 0 Å². The van der Waals surface area contributed by atoms with E-state index in [4.69, 9.17) is 40.9 Å². The molecular formula is C81H164O13. The third-order valence-electron chi connectivity index (χ3n) is 17.4. The van der Waals surface area contributed by atoms with Gasteiger partial charge in [0.1, 0.15) is 6.10 Å². The normalized spacial score (nSPS) is 10.6. The lowest BCUT2D eigenvalue weighted by atomic mass is 10.0. The summed E-state index contributed by atoms with van der Waals surface area (Å²) in [5, 5.41) is 66.4. The van der Waals surface area contributed by atoms with E-state index in [1.165, 1.54) is 340 Å². The molecule has 0 aliphatic rings. The van der Waals surface area contributed by atoms with E-state index < -0.39 is 36.0 Å². The molecule has 0 heterocycles. The molecular weight excluding hydrogens is 1180 g/mol. The summed E-state index contributed by atoms with van der Waals surface area (Å²) in [5.41, 5.74) is 0. The molecule has 94 heavy (non-hydrogen) atoms. The van der Waals surface area contributed by atoms with Crippen molar-refractivity contribution >= 4 is 29.8 Å². The highest BCUT2D eigenvalue weighted by atomic mass is 16.4. The highest BCUT2D eigenvalue weighted by Crippen LogP contribution is 2.18. The number of carbonyl (C=O) groups is 5. The van der Waals surface area contributed by atoms with E-state index in [1.807, 2.05) is 0 Å². The van der Waals surface area contributed by atoms with Gasteiger partial charge in [-0.25, -0.2) is 0 Å². The van der Waals surface area contributed by atoms with E-state index in [0.29, 0.717) is 32.1 Å². The van der Waals surface area contributed by atoms with Gasteiger partial charge < -0.3 is 40.9 Å². The molecule has 0 aromatic rings. The predicted octanol–water partition coefficient (Wildman–Crippen LogP) is 25.3. The smallest absolute Gasteiger partial charge is 0.303 e. The lowest BCUT2D eigenvalue weighted by molar-refractivity contribution is -0.138. The van der Waals surface area contributed by atoms with Crippen LogP contribution in [0.15, 0.2) is 0 Å². The first-order valence-corrected chi connectivity index (χ1v) is 40.6. The molecule has 0 saturated carbocycles. The Labute approximate surface area is 582 Å². The summed E-state index contributed by atoms with van der Waals surface area (Å²) in [4.78, 5) is 51.4. The molecule has 0 saturated heterocycles. The number of aliphatic carboxylic acids is 5. The van der Waals surface area contributed by atoms with E-state index >= 15 is 0 Å². The molecule has 0 aliphatic carbocycles. The van der Waals surface area contributed by atoms with Crippen molar-refractivity contribution in [2.24, 2.45) is 0 Å². The van der Waals surface area contributed by atoms with Gasteiger partial charge in [0, 0.05) is 32.1 Å². The molecule has 13 nitrogen and oxygen atoms in total. The Morgan fingerprint density at radius 1 is 0.181 bits per heavy atom. The minimum Gasteiger partial charge on any atom is -0.481 e. The van der Waals surface area contributed by atoms with Gasteiger partial charge >= 0.3 is 29.8 Å². The SMILES string of the molecule is CCCCCCCCCCCC(=O)O.CCCCCCCCCCCC(=O)O.CCCCCCCCCCCCCCCCCC(=O)O.CCCCCCCCCCCCCCCCCC(=O)O.CCCCCCCCCCCCCCCCCC(=O)O.OCC(O)CO. The van der Waals surface area contributed by atoms with Gasteiger partial charge in [0.25, 0.3) is 0 Å². The molecule has 0 unspecified atom stereocenters. The molecule has 0 rings (SSSR count). The first kappa shape index (κ1) is 102. The maximum atomic E-state index is 10.3. The molecule has 0 amide bonds. The van der Waals surface area contributed by atoms with Crippen molar-refractivity contribution in [1.82, 2.24) is 0 Å². The van der Waals surface area contributed by atoms with Crippen LogP contribution >= 0.6 is 0 Å². The van der Waals surface area contributed by atoms with Crippen molar-refractivity contribution in [2.45, 2.75) is 477 Å². The van der Waals surface area contributed by atoms with E-state index in [0.717, 1.165) is 64.2 Å². The zero-order valence-corrected chi connectivity index (χ0v) is 63.2. The Bertz CT molecular complexity index is 1270. The van der Waals surface area contributed by atoms with E-state index in [1.54, 1.807) is 0 Å². The number of hydrogen-bond acceptors (Lipinski definition) is 8. The average molecular weight is 1350 g/mol. The van der Waals surface area contributed by atoms with Crippen molar-refractivity contribution < 1.29 is 64.8 Å². The molecule has 0 fully saturated rings.